The Hall–Kier alpha value is -2.15. The Morgan fingerprint density at radius 1 is 1.41 bits per heavy atom. The number of ether oxygens (including phenoxy) is 1. The summed E-state index contributed by atoms with van der Waals surface area (Å²) in [6, 6.07) is 0. The van der Waals surface area contributed by atoms with E-state index in [4.69, 9.17) is 9.15 Å². The number of fused-ring (bicyclic) bond motifs is 1. The number of hydrogen-bond donors (Lipinski definition) is 1. The third kappa shape index (κ3) is 2.76. The number of methoxy groups -OCH3 is 1. The van der Waals surface area contributed by atoms with Crippen LogP contribution in [0.25, 0.3) is 11.1 Å². The van der Waals surface area contributed by atoms with Gasteiger partial charge in [-0.1, -0.05) is 6.92 Å². The molecule has 2 aromatic rings. The molecule has 1 amide bonds. The van der Waals surface area contributed by atoms with Gasteiger partial charge in [0.15, 0.2) is 0 Å². The van der Waals surface area contributed by atoms with Crippen LogP contribution in [0.2, 0.25) is 0 Å². The van der Waals surface area contributed by atoms with E-state index in [-0.39, 0.29) is 28.1 Å². The molecule has 0 unspecified atom stereocenters. The largest absolute Gasteiger partial charge is 0.442 e. The molecule has 0 radical (unpaired) electrons. The zero-order valence-electron chi connectivity index (χ0n) is 13.4. The van der Waals surface area contributed by atoms with E-state index in [2.05, 4.69) is 10.3 Å². The summed E-state index contributed by atoms with van der Waals surface area (Å²) in [5.41, 5.74) is 0.243. The lowest BCUT2D eigenvalue weighted by atomic mass is 10.1. The van der Waals surface area contributed by atoms with Crippen molar-refractivity contribution in [2.45, 2.75) is 33.7 Å². The van der Waals surface area contributed by atoms with Gasteiger partial charge in [0.05, 0.1) is 12.2 Å². The summed E-state index contributed by atoms with van der Waals surface area (Å²) in [5, 5.41) is 2.95. The van der Waals surface area contributed by atoms with Gasteiger partial charge in [-0.15, -0.1) is 0 Å². The van der Waals surface area contributed by atoms with Crippen molar-refractivity contribution in [2.24, 2.45) is 0 Å². The fourth-order valence-corrected chi connectivity index (χ4v) is 2.46. The van der Waals surface area contributed by atoms with Crippen LogP contribution in [0.3, 0.4) is 0 Å². The number of rotatable bonds is 6. The normalized spacial score (nSPS) is 11.1. The first-order chi connectivity index (χ1) is 10.5. The summed E-state index contributed by atoms with van der Waals surface area (Å²) in [5.74, 6) is 0.699. The van der Waals surface area contributed by atoms with Crippen LogP contribution in [0.4, 0.5) is 0 Å². The number of nitrogens with one attached hydrogen (secondary N) is 1. The molecule has 0 bridgehead atoms. The first-order valence-corrected chi connectivity index (χ1v) is 7.35. The van der Waals surface area contributed by atoms with Crippen LogP contribution in [0.15, 0.2) is 9.21 Å². The molecule has 0 aliphatic rings. The molecule has 0 fully saturated rings. The van der Waals surface area contributed by atoms with Crippen molar-refractivity contribution in [3.8, 4) is 0 Å². The van der Waals surface area contributed by atoms with E-state index in [1.165, 1.54) is 0 Å². The van der Waals surface area contributed by atoms with Crippen LogP contribution in [0.5, 0.6) is 0 Å². The average molecular weight is 307 g/mol. The molecule has 2 rings (SSSR count). The summed E-state index contributed by atoms with van der Waals surface area (Å²) in [6.45, 7) is 6.73. The topological polar surface area (TPSA) is 86.4 Å². The molecule has 22 heavy (non-hydrogen) atoms. The molecule has 0 aliphatic heterocycles. The van der Waals surface area contributed by atoms with Crippen molar-refractivity contribution in [1.29, 1.82) is 0 Å². The van der Waals surface area contributed by atoms with Gasteiger partial charge in [0, 0.05) is 26.6 Å². The van der Waals surface area contributed by atoms with Gasteiger partial charge >= 0.3 is 0 Å². The quantitative estimate of drug-likeness (QED) is 0.812. The molecule has 7 nitrogen and oxygen atoms in total. The van der Waals surface area contributed by atoms with Gasteiger partial charge < -0.3 is 14.5 Å². The summed E-state index contributed by atoms with van der Waals surface area (Å²) in [6.07, 6.45) is 0.619. The fourth-order valence-electron chi connectivity index (χ4n) is 2.46. The average Bonchev–Trinajstić information content (AvgIpc) is 2.83. The second-order valence-corrected chi connectivity index (χ2v) is 4.89. The lowest BCUT2D eigenvalue weighted by molar-refractivity contribution is 0.0937. The third-order valence-corrected chi connectivity index (χ3v) is 3.52. The number of aromatic nitrogens is 2. The molecule has 0 spiro atoms. The molecule has 1 N–H and O–H groups in total. The van der Waals surface area contributed by atoms with Gasteiger partial charge in [-0.2, -0.15) is 4.98 Å². The van der Waals surface area contributed by atoms with Crippen molar-refractivity contribution in [3.05, 3.63) is 27.5 Å². The Morgan fingerprint density at radius 3 is 2.73 bits per heavy atom. The van der Waals surface area contributed by atoms with Crippen LogP contribution < -0.4 is 10.9 Å². The Balaban J connectivity index is 2.58. The Kier molecular flexibility index (Phi) is 4.97. The molecule has 120 valence electrons. The van der Waals surface area contributed by atoms with E-state index in [1.807, 2.05) is 13.8 Å². The van der Waals surface area contributed by atoms with E-state index in [0.29, 0.717) is 37.7 Å². The maximum atomic E-state index is 12.7. The standard InChI is InChI=1S/C15H21N3O4/c1-5-10-17-14-12(15(20)18(10)6-2)11(9(3)22-14)13(19)16-7-8-21-4/h5-8H2,1-4H3,(H,16,19). The van der Waals surface area contributed by atoms with E-state index < -0.39 is 0 Å². The Morgan fingerprint density at radius 2 is 2.14 bits per heavy atom. The Labute approximate surface area is 128 Å². The third-order valence-electron chi connectivity index (χ3n) is 3.52. The first-order valence-electron chi connectivity index (χ1n) is 7.35. The number of carbonyl (C=O) groups excluding carboxylic acids is 1. The molecule has 0 saturated heterocycles. The maximum absolute atomic E-state index is 12.7. The number of furan rings is 1. The van der Waals surface area contributed by atoms with Crippen molar-refractivity contribution in [1.82, 2.24) is 14.9 Å². The van der Waals surface area contributed by atoms with Crippen LogP contribution in [-0.2, 0) is 17.7 Å². The van der Waals surface area contributed by atoms with Gasteiger partial charge in [-0.25, -0.2) is 0 Å². The number of aryl methyl sites for hydroxylation is 2. The summed E-state index contributed by atoms with van der Waals surface area (Å²) in [7, 11) is 1.56. The number of nitrogens with zero attached hydrogens (tertiary/aromatic N) is 2. The lowest BCUT2D eigenvalue weighted by Crippen LogP contribution is -2.30. The highest BCUT2D eigenvalue weighted by molar-refractivity contribution is 6.06. The molecular weight excluding hydrogens is 286 g/mol. The highest BCUT2D eigenvalue weighted by Gasteiger charge is 2.23. The fraction of sp³-hybridized carbons (Fsp3) is 0.533. The maximum Gasteiger partial charge on any atom is 0.265 e. The molecular formula is C15H21N3O4. The van der Waals surface area contributed by atoms with Crippen molar-refractivity contribution in [3.63, 3.8) is 0 Å². The summed E-state index contributed by atoms with van der Waals surface area (Å²) < 4.78 is 12.0. The molecule has 0 atom stereocenters. The second kappa shape index (κ2) is 6.74. The zero-order valence-corrected chi connectivity index (χ0v) is 13.4. The summed E-state index contributed by atoms with van der Waals surface area (Å²) in [4.78, 5) is 29.4. The minimum Gasteiger partial charge on any atom is -0.442 e. The van der Waals surface area contributed by atoms with Gasteiger partial charge in [-0.3, -0.25) is 14.2 Å². The van der Waals surface area contributed by atoms with E-state index >= 15 is 0 Å². The van der Waals surface area contributed by atoms with Crippen molar-refractivity contribution >= 4 is 17.0 Å². The monoisotopic (exact) mass is 307 g/mol. The molecule has 0 aliphatic carbocycles. The number of carbonyl (C=O) groups is 1. The van der Waals surface area contributed by atoms with Gasteiger partial charge in [0.2, 0.25) is 5.71 Å². The smallest absolute Gasteiger partial charge is 0.265 e. The SMILES string of the molecule is CCc1nc2oc(C)c(C(=O)NCCOC)c2c(=O)n1CC. The lowest BCUT2D eigenvalue weighted by Gasteiger charge is -2.08. The van der Waals surface area contributed by atoms with Crippen LogP contribution in [-0.4, -0.2) is 35.7 Å². The first kappa shape index (κ1) is 16.2. The van der Waals surface area contributed by atoms with Crippen molar-refractivity contribution < 1.29 is 13.9 Å². The van der Waals surface area contributed by atoms with Gasteiger partial charge in [0.25, 0.3) is 11.5 Å². The highest BCUT2D eigenvalue weighted by atomic mass is 16.5. The minimum absolute atomic E-state index is 0.223. The molecule has 0 saturated carbocycles. The second-order valence-electron chi connectivity index (χ2n) is 4.89. The van der Waals surface area contributed by atoms with E-state index in [1.54, 1.807) is 18.6 Å². The van der Waals surface area contributed by atoms with Crippen LogP contribution in [0.1, 0.15) is 35.8 Å². The number of hydrogen-bond acceptors (Lipinski definition) is 5. The Bertz CT molecular complexity index is 745. The molecule has 7 heteroatoms. The highest BCUT2D eigenvalue weighted by Crippen LogP contribution is 2.21. The van der Waals surface area contributed by atoms with Gasteiger partial charge in [-0.05, 0) is 13.8 Å². The van der Waals surface area contributed by atoms with E-state index in [0.717, 1.165) is 0 Å². The molecule has 2 heterocycles. The number of amides is 1. The zero-order chi connectivity index (χ0) is 16.3. The van der Waals surface area contributed by atoms with Crippen LogP contribution in [0, 0.1) is 6.92 Å². The van der Waals surface area contributed by atoms with Gasteiger partial charge in [0.1, 0.15) is 17.0 Å². The predicted octanol–water partition coefficient (Wildman–Crippen LogP) is 1.26. The molecule has 2 aromatic heterocycles. The predicted molar refractivity (Wildman–Crippen MR) is 82.3 cm³/mol. The van der Waals surface area contributed by atoms with Crippen LogP contribution >= 0.6 is 0 Å². The van der Waals surface area contributed by atoms with Crippen molar-refractivity contribution in [2.75, 3.05) is 20.3 Å². The van der Waals surface area contributed by atoms with E-state index in [9.17, 15) is 9.59 Å². The summed E-state index contributed by atoms with van der Waals surface area (Å²) >= 11 is 0. The molecule has 0 aromatic carbocycles. The minimum atomic E-state index is -0.348.